The number of hydrogen-bond acceptors (Lipinski definition) is 2. The lowest BCUT2D eigenvalue weighted by Gasteiger charge is -2.13. The quantitative estimate of drug-likeness (QED) is 0.798. The molecule has 5 nitrogen and oxygen atoms in total. The summed E-state index contributed by atoms with van der Waals surface area (Å²) >= 11 is 5.94. The zero-order valence-electron chi connectivity index (χ0n) is 9.77. The molecule has 2 rings (SSSR count). The highest BCUT2D eigenvalue weighted by Gasteiger charge is 2.11. The van der Waals surface area contributed by atoms with E-state index in [1.54, 1.807) is 36.7 Å². The summed E-state index contributed by atoms with van der Waals surface area (Å²) in [6.45, 7) is 1.84. The van der Waals surface area contributed by atoms with Crippen molar-refractivity contribution in [1.82, 2.24) is 15.3 Å². The fourth-order valence-corrected chi connectivity index (χ4v) is 1.68. The van der Waals surface area contributed by atoms with Crippen LogP contribution in [0.5, 0.6) is 0 Å². The molecule has 1 atom stereocenters. The van der Waals surface area contributed by atoms with Gasteiger partial charge in [-0.05, 0) is 19.1 Å². The van der Waals surface area contributed by atoms with E-state index >= 15 is 0 Å². The molecule has 1 heterocycles. The minimum Gasteiger partial charge on any atom is -0.347 e. The second-order valence-corrected chi connectivity index (χ2v) is 4.18. The highest BCUT2D eigenvalue weighted by Crippen LogP contribution is 2.20. The summed E-state index contributed by atoms with van der Waals surface area (Å²) in [5, 5.41) is 5.93. The lowest BCUT2D eigenvalue weighted by Crippen LogP contribution is -2.31. The Morgan fingerprint density at radius 3 is 2.89 bits per heavy atom. The van der Waals surface area contributed by atoms with E-state index in [1.165, 1.54) is 0 Å². The van der Waals surface area contributed by atoms with Gasteiger partial charge < -0.3 is 15.6 Å². The molecule has 2 amide bonds. The van der Waals surface area contributed by atoms with Gasteiger partial charge in [-0.15, -0.1) is 0 Å². The summed E-state index contributed by atoms with van der Waals surface area (Å²) in [5.41, 5.74) is 0.573. The summed E-state index contributed by atoms with van der Waals surface area (Å²) in [7, 11) is 0. The van der Waals surface area contributed by atoms with E-state index < -0.39 is 0 Å². The Labute approximate surface area is 110 Å². The normalized spacial score (nSPS) is 11.9. The van der Waals surface area contributed by atoms with E-state index in [2.05, 4.69) is 20.6 Å². The van der Waals surface area contributed by atoms with Gasteiger partial charge in [0, 0.05) is 12.4 Å². The van der Waals surface area contributed by atoms with Gasteiger partial charge in [-0.1, -0.05) is 23.7 Å². The number of nitrogens with zero attached hydrogens (tertiary/aromatic N) is 1. The van der Waals surface area contributed by atoms with E-state index in [1.807, 2.05) is 6.92 Å². The predicted octanol–water partition coefficient (Wildman–Crippen LogP) is 2.95. The van der Waals surface area contributed by atoms with E-state index in [-0.39, 0.29) is 12.1 Å². The minimum atomic E-state index is -0.327. The van der Waals surface area contributed by atoms with Gasteiger partial charge in [0.1, 0.15) is 5.82 Å². The Hall–Kier alpha value is -2.01. The number of hydrogen-bond donors (Lipinski definition) is 3. The molecular formula is C12H13ClN4O. The molecule has 0 radical (unpaired) electrons. The Morgan fingerprint density at radius 2 is 2.22 bits per heavy atom. The number of rotatable bonds is 3. The molecule has 94 valence electrons. The van der Waals surface area contributed by atoms with Crippen LogP contribution in [-0.4, -0.2) is 16.0 Å². The minimum absolute atomic E-state index is 0.206. The number of aromatic amines is 1. The second-order valence-electron chi connectivity index (χ2n) is 3.77. The highest BCUT2D eigenvalue weighted by molar-refractivity contribution is 6.33. The molecule has 0 aliphatic rings. The van der Waals surface area contributed by atoms with Gasteiger partial charge in [0.25, 0.3) is 0 Å². The first-order chi connectivity index (χ1) is 8.66. The first kappa shape index (κ1) is 12.4. The fraction of sp³-hybridized carbons (Fsp3) is 0.167. The van der Waals surface area contributed by atoms with E-state index in [9.17, 15) is 4.79 Å². The van der Waals surface area contributed by atoms with Gasteiger partial charge in [0.2, 0.25) is 0 Å². The Morgan fingerprint density at radius 1 is 1.44 bits per heavy atom. The van der Waals surface area contributed by atoms with Crippen LogP contribution in [0.25, 0.3) is 0 Å². The largest absolute Gasteiger partial charge is 0.347 e. The molecule has 0 bridgehead atoms. The summed E-state index contributed by atoms with van der Waals surface area (Å²) in [4.78, 5) is 18.8. The summed E-state index contributed by atoms with van der Waals surface area (Å²) in [5.74, 6) is 0.698. The standard InChI is InChI=1S/C12H13ClN4O/c1-8(11-14-6-7-15-11)16-12(18)17-10-5-3-2-4-9(10)13/h2-8H,1H3,(H,14,15)(H2,16,17,18). The molecular weight excluding hydrogens is 252 g/mol. The van der Waals surface area contributed by atoms with Crippen LogP contribution in [0.2, 0.25) is 5.02 Å². The summed E-state index contributed by atoms with van der Waals surface area (Å²) in [6, 6.07) is 6.52. The van der Waals surface area contributed by atoms with E-state index in [4.69, 9.17) is 11.6 Å². The van der Waals surface area contributed by atoms with Crippen LogP contribution in [0, 0.1) is 0 Å². The third-order valence-electron chi connectivity index (χ3n) is 2.40. The van der Waals surface area contributed by atoms with Crippen LogP contribution >= 0.6 is 11.6 Å². The average Bonchev–Trinajstić information content (AvgIpc) is 2.85. The van der Waals surface area contributed by atoms with Crippen LogP contribution in [0.1, 0.15) is 18.8 Å². The molecule has 1 aromatic carbocycles. The lowest BCUT2D eigenvalue weighted by atomic mass is 10.3. The zero-order valence-corrected chi connectivity index (χ0v) is 10.5. The van der Waals surface area contributed by atoms with E-state index in [0.29, 0.717) is 16.5 Å². The number of H-pyrrole nitrogens is 1. The first-order valence-corrected chi connectivity index (χ1v) is 5.86. The topological polar surface area (TPSA) is 69.8 Å². The number of benzene rings is 1. The maximum atomic E-state index is 11.7. The number of para-hydroxylation sites is 1. The molecule has 0 aliphatic carbocycles. The molecule has 6 heteroatoms. The van der Waals surface area contributed by atoms with Crippen molar-refractivity contribution in [2.24, 2.45) is 0 Å². The van der Waals surface area contributed by atoms with Gasteiger partial charge in [0.05, 0.1) is 16.8 Å². The first-order valence-electron chi connectivity index (χ1n) is 5.48. The number of urea groups is 1. The van der Waals surface area contributed by atoms with Crippen LogP contribution < -0.4 is 10.6 Å². The molecule has 0 spiro atoms. The van der Waals surface area contributed by atoms with E-state index in [0.717, 1.165) is 0 Å². The van der Waals surface area contributed by atoms with Gasteiger partial charge in [-0.3, -0.25) is 0 Å². The maximum absolute atomic E-state index is 11.7. The van der Waals surface area contributed by atoms with Gasteiger partial charge >= 0.3 is 6.03 Å². The number of anilines is 1. The number of imidazole rings is 1. The molecule has 1 aromatic heterocycles. The molecule has 0 aliphatic heterocycles. The third-order valence-corrected chi connectivity index (χ3v) is 2.73. The van der Waals surface area contributed by atoms with Crippen molar-refractivity contribution in [3.63, 3.8) is 0 Å². The smallest absolute Gasteiger partial charge is 0.319 e. The summed E-state index contributed by atoms with van der Waals surface area (Å²) in [6.07, 6.45) is 3.35. The monoisotopic (exact) mass is 264 g/mol. The van der Waals surface area contributed by atoms with Crippen molar-refractivity contribution in [3.8, 4) is 0 Å². The van der Waals surface area contributed by atoms with Crippen molar-refractivity contribution < 1.29 is 4.79 Å². The number of halogens is 1. The molecule has 1 unspecified atom stereocenters. The molecule has 2 aromatic rings. The number of aromatic nitrogens is 2. The van der Waals surface area contributed by atoms with Crippen LogP contribution in [0.3, 0.4) is 0 Å². The van der Waals surface area contributed by atoms with Gasteiger partial charge in [-0.2, -0.15) is 0 Å². The molecule has 3 N–H and O–H groups in total. The number of nitrogens with one attached hydrogen (secondary N) is 3. The molecule has 18 heavy (non-hydrogen) atoms. The Bertz CT molecular complexity index is 527. The number of carbonyl (C=O) groups excluding carboxylic acids is 1. The highest BCUT2D eigenvalue weighted by atomic mass is 35.5. The van der Waals surface area contributed by atoms with Crippen LogP contribution in [0.4, 0.5) is 10.5 Å². The average molecular weight is 265 g/mol. The molecule has 0 saturated carbocycles. The molecule has 0 fully saturated rings. The summed E-state index contributed by atoms with van der Waals surface area (Å²) < 4.78 is 0. The lowest BCUT2D eigenvalue weighted by molar-refractivity contribution is 0.249. The molecule has 0 saturated heterocycles. The van der Waals surface area contributed by atoms with Crippen molar-refractivity contribution in [2.45, 2.75) is 13.0 Å². The fourth-order valence-electron chi connectivity index (χ4n) is 1.50. The predicted molar refractivity (Wildman–Crippen MR) is 70.6 cm³/mol. The SMILES string of the molecule is CC(NC(=O)Nc1ccccc1Cl)c1ncc[nH]1. The van der Waals surface area contributed by atoms with Gasteiger partial charge in [-0.25, -0.2) is 9.78 Å². The Kier molecular flexibility index (Phi) is 3.84. The number of carbonyl (C=O) groups is 1. The van der Waals surface area contributed by atoms with Crippen molar-refractivity contribution in [3.05, 3.63) is 47.5 Å². The van der Waals surface area contributed by atoms with Crippen molar-refractivity contribution in [2.75, 3.05) is 5.32 Å². The van der Waals surface area contributed by atoms with Gasteiger partial charge in [0.15, 0.2) is 0 Å². The maximum Gasteiger partial charge on any atom is 0.319 e. The second kappa shape index (κ2) is 5.55. The van der Waals surface area contributed by atoms with Crippen LogP contribution in [0.15, 0.2) is 36.7 Å². The Balaban J connectivity index is 1.95. The van der Waals surface area contributed by atoms with Crippen molar-refractivity contribution in [1.29, 1.82) is 0 Å². The number of amides is 2. The third kappa shape index (κ3) is 3.01. The van der Waals surface area contributed by atoms with Crippen molar-refractivity contribution >= 4 is 23.3 Å². The van der Waals surface area contributed by atoms with Crippen LogP contribution in [-0.2, 0) is 0 Å². The zero-order chi connectivity index (χ0) is 13.0.